The fraction of sp³-hybridized carbons (Fsp3) is 0.0714. The van der Waals surface area contributed by atoms with E-state index in [-0.39, 0.29) is 11.3 Å². The Kier molecular flexibility index (Phi) is 3.85. The molecule has 0 bridgehead atoms. The number of carbonyl (C=O) groups is 1. The van der Waals surface area contributed by atoms with Crippen molar-refractivity contribution in [1.82, 2.24) is 0 Å². The van der Waals surface area contributed by atoms with E-state index in [9.17, 15) is 9.90 Å². The van der Waals surface area contributed by atoms with Gasteiger partial charge in [0.1, 0.15) is 18.1 Å². The third kappa shape index (κ3) is 3.02. The minimum absolute atomic E-state index is 0.0846. The van der Waals surface area contributed by atoms with Gasteiger partial charge in [0.2, 0.25) is 0 Å². The third-order valence-corrected chi connectivity index (χ3v) is 2.70. The van der Waals surface area contributed by atoms with E-state index in [0.717, 1.165) is 5.56 Å². The van der Waals surface area contributed by atoms with E-state index in [1.165, 1.54) is 12.1 Å². The van der Waals surface area contributed by atoms with Crippen molar-refractivity contribution in [3.05, 3.63) is 58.6 Å². The molecule has 2 rings (SSSR count). The number of phenols is 1. The molecule has 0 saturated heterocycles. The van der Waals surface area contributed by atoms with Crippen LogP contribution in [-0.2, 0) is 6.61 Å². The molecule has 0 amide bonds. The molecule has 2 aromatic rings. The molecule has 92 valence electrons. The summed E-state index contributed by atoms with van der Waals surface area (Å²) in [6.45, 7) is 0.372. The molecule has 1 N–H and O–H groups in total. The smallest absolute Gasteiger partial charge is 0.153 e. The number of ether oxygens (including phenoxy) is 1. The Morgan fingerprint density at radius 3 is 2.50 bits per heavy atom. The Morgan fingerprint density at radius 1 is 1.17 bits per heavy atom. The molecule has 0 aromatic heterocycles. The van der Waals surface area contributed by atoms with Gasteiger partial charge in [0, 0.05) is 11.1 Å². The minimum Gasteiger partial charge on any atom is -0.507 e. The van der Waals surface area contributed by atoms with E-state index < -0.39 is 0 Å². The quantitative estimate of drug-likeness (QED) is 0.859. The first-order valence-corrected chi connectivity index (χ1v) is 5.72. The molecule has 0 atom stereocenters. The number of aldehydes is 1. The van der Waals surface area contributed by atoms with Gasteiger partial charge in [0.25, 0.3) is 0 Å². The highest BCUT2D eigenvalue weighted by Gasteiger charge is 2.02. The maximum absolute atomic E-state index is 10.5. The van der Waals surface area contributed by atoms with Gasteiger partial charge in [0.05, 0.1) is 5.56 Å². The van der Waals surface area contributed by atoms with Crippen LogP contribution in [0.3, 0.4) is 0 Å². The Morgan fingerprint density at radius 2 is 1.89 bits per heavy atom. The van der Waals surface area contributed by atoms with Crippen molar-refractivity contribution < 1.29 is 14.6 Å². The van der Waals surface area contributed by atoms with Crippen LogP contribution in [-0.4, -0.2) is 11.4 Å². The Balaban J connectivity index is 2.04. The molecule has 0 unspecified atom stereocenters. The molecule has 0 spiro atoms. The van der Waals surface area contributed by atoms with Gasteiger partial charge in [-0.25, -0.2) is 0 Å². The highest BCUT2D eigenvalue weighted by atomic mass is 35.5. The summed E-state index contributed by atoms with van der Waals surface area (Å²) >= 11 is 5.78. The largest absolute Gasteiger partial charge is 0.507 e. The van der Waals surface area contributed by atoms with Crippen LogP contribution in [0.1, 0.15) is 15.9 Å². The van der Waals surface area contributed by atoms with E-state index in [0.29, 0.717) is 23.7 Å². The van der Waals surface area contributed by atoms with E-state index >= 15 is 0 Å². The van der Waals surface area contributed by atoms with Gasteiger partial charge in [-0.05, 0) is 29.8 Å². The molecule has 18 heavy (non-hydrogen) atoms. The van der Waals surface area contributed by atoms with Crippen LogP contribution >= 0.6 is 11.6 Å². The molecule has 0 saturated carbocycles. The van der Waals surface area contributed by atoms with Crippen molar-refractivity contribution in [2.75, 3.05) is 0 Å². The number of rotatable bonds is 4. The van der Waals surface area contributed by atoms with Gasteiger partial charge in [0.15, 0.2) is 6.29 Å². The van der Waals surface area contributed by atoms with Crippen molar-refractivity contribution in [3.63, 3.8) is 0 Å². The summed E-state index contributed by atoms with van der Waals surface area (Å²) in [5, 5.41) is 10.2. The lowest BCUT2D eigenvalue weighted by Crippen LogP contribution is -1.95. The summed E-state index contributed by atoms with van der Waals surface area (Å²) in [5.41, 5.74) is 1.21. The predicted molar refractivity (Wildman–Crippen MR) is 69.3 cm³/mol. The van der Waals surface area contributed by atoms with Crippen LogP contribution in [0.5, 0.6) is 11.5 Å². The molecule has 0 radical (unpaired) electrons. The van der Waals surface area contributed by atoms with Gasteiger partial charge in [-0.3, -0.25) is 4.79 Å². The lowest BCUT2D eigenvalue weighted by Gasteiger charge is -2.07. The topological polar surface area (TPSA) is 46.5 Å². The van der Waals surface area contributed by atoms with E-state index in [1.54, 1.807) is 18.2 Å². The molecule has 0 aliphatic rings. The molecular weight excluding hydrogens is 252 g/mol. The number of phenolic OH excluding ortho intramolecular Hbond substituents is 1. The first-order chi connectivity index (χ1) is 8.69. The van der Waals surface area contributed by atoms with Crippen LogP contribution in [0.2, 0.25) is 5.02 Å². The Bertz CT molecular complexity index is 549. The molecule has 4 heteroatoms. The zero-order chi connectivity index (χ0) is 13.0. The third-order valence-electron chi connectivity index (χ3n) is 2.45. The van der Waals surface area contributed by atoms with Crippen molar-refractivity contribution in [2.45, 2.75) is 6.61 Å². The summed E-state index contributed by atoms with van der Waals surface area (Å²) in [5.74, 6) is 0.423. The fourth-order valence-electron chi connectivity index (χ4n) is 1.46. The van der Waals surface area contributed by atoms with Crippen molar-refractivity contribution in [3.8, 4) is 11.5 Å². The number of aromatic hydroxyl groups is 1. The average molecular weight is 263 g/mol. The second-order valence-corrected chi connectivity index (χ2v) is 4.19. The average Bonchev–Trinajstić information content (AvgIpc) is 2.38. The second-order valence-electron chi connectivity index (χ2n) is 3.75. The highest BCUT2D eigenvalue weighted by molar-refractivity contribution is 6.30. The first kappa shape index (κ1) is 12.5. The SMILES string of the molecule is O=Cc1ccc(OCc2ccc(Cl)cc2)cc1O. The number of halogens is 1. The highest BCUT2D eigenvalue weighted by Crippen LogP contribution is 2.23. The lowest BCUT2D eigenvalue weighted by atomic mass is 10.2. The second kappa shape index (κ2) is 5.56. The summed E-state index contributed by atoms with van der Waals surface area (Å²) in [6, 6.07) is 11.9. The predicted octanol–water partition coefficient (Wildman–Crippen LogP) is 3.44. The van der Waals surface area contributed by atoms with Crippen LogP contribution in [0.15, 0.2) is 42.5 Å². The summed E-state index contributed by atoms with van der Waals surface area (Å²) in [7, 11) is 0. The standard InChI is InChI=1S/C14H11ClO3/c15-12-4-1-10(2-5-12)9-18-13-6-3-11(8-16)14(17)7-13/h1-8,17H,9H2. The molecule has 0 aliphatic carbocycles. The molecule has 2 aromatic carbocycles. The fourth-order valence-corrected chi connectivity index (χ4v) is 1.59. The van der Waals surface area contributed by atoms with E-state index in [4.69, 9.17) is 16.3 Å². The number of hydrogen-bond donors (Lipinski definition) is 1. The van der Waals surface area contributed by atoms with E-state index in [1.807, 2.05) is 12.1 Å². The molecule has 0 aliphatic heterocycles. The van der Waals surface area contributed by atoms with Gasteiger partial charge >= 0.3 is 0 Å². The maximum Gasteiger partial charge on any atom is 0.153 e. The van der Waals surface area contributed by atoms with Gasteiger partial charge < -0.3 is 9.84 Å². The number of benzene rings is 2. The zero-order valence-corrected chi connectivity index (χ0v) is 10.2. The molecular formula is C14H11ClO3. The van der Waals surface area contributed by atoms with Crippen LogP contribution in [0.4, 0.5) is 0 Å². The van der Waals surface area contributed by atoms with Gasteiger partial charge in [-0.2, -0.15) is 0 Å². The zero-order valence-electron chi connectivity index (χ0n) is 9.47. The summed E-state index contributed by atoms with van der Waals surface area (Å²) in [4.78, 5) is 10.5. The number of hydrogen-bond acceptors (Lipinski definition) is 3. The minimum atomic E-state index is -0.0846. The maximum atomic E-state index is 10.5. The van der Waals surface area contributed by atoms with Crippen LogP contribution < -0.4 is 4.74 Å². The molecule has 3 nitrogen and oxygen atoms in total. The monoisotopic (exact) mass is 262 g/mol. The Hall–Kier alpha value is -2.00. The van der Waals surface area contributed by atoms with Crippen molar-refractivity contribution in [1.29, 1.82) is 0 Å². The first-order valence-electron chi connectivity index (χ1n) is 5.34. The Labute approximate surface area is 110 Å². The molecule has 0 fully saturated rings. The summed E-state index contributed by atoms with van der Waals surface area (Å²) < 4.78 is 5.49. The summed E-state index contributed by atoms with van der Waals surface area (Å²) in [6.07, 6.45) is 0.596. The normalized spacial score (nSPS) is 10.1. The van der Waals surface area contributed by atoms with Crippen LogP contribution in [0.25, 0.3) is 0 Å². The van der Waals surface area contributed by atoms with Crippen molar-refractivity contribution >= 4 is 17.9 Å². The van der Waals surface area contributed by atoms with Gasteiger partial charge in [-0.1, -0.05) is 23.7 Å². The van der Waals surface area contributed by atoms with Gasteiger partial charge in [-0.15, -0.1) is 0 Å². The van der Waals surface area contributed by atoms with Crippen molar-refractivity contribution in [2.24, 2.45) is 0 Å². The van der Waals surface area contributed by atoms with Crippen LogP contribution in [0, 0.1) is 0 Å². The lowest BCUT2D eigenvalue weighted by molar-refractivity contribution is 0.112. The number of carbonyl (C=O) groups excluding carboxylic acids is 1. The molecule has 0 heterocycles. The van der Waals surface area contributed by atoms with E-state index in [2.05, 4.69) is 0 Å².